The van der Waals surface area contributed by atoms with E-state index >= 15 is 0 Å². The van der Waals surface area contributed by atoms with Crippen molar-refractivity contribution < 1.29 is 0 Å². The first-order valence-electron chi connectivity index (χ1n) is 4.09. The second-order valence-corrected chi connectivity index (χ2v) is 6.83. The van der Waals surface area contributed by atoms with E-state index in [0.717, 1.165) is 9.79 Å². The molecule has 3 heteroatoms. The summed E-state index contributed by atoms with van der Waals surface area (Å²) in [4.78, 5) is 3.17. The zero-order valence-electron chi connectivity index (χ0n) is 8.03. The summed E-state index contributed by atoms with van der Waals surface area (Å²) in [5, 5.41) is 0. The molecule has 13 heavy (non-hydrogen) atoms. The number of thiol groups is 2. The van der Waals surface area contributed by atoms with Gasteiger partial charge < -0.3 is 0 Å². The number of rotatable bonds is 1. The molecule has 1 aromatic rings. The molecule has 0 nitrogen and oxygen atoms in total. The van der Waals surface area contributed by atoms with Crippen molar-refractivity contribution >= 4 is 37.0 Å². The van der Waals surface area contributed by atoms with Crippen LogP contribution >= 0.6 is 37.0 Å². The van der Waals surface area contributed by atoms with Gasteiger partial charge in [-0.15, -0.1) is 37.0 Å². The van der Waals surface area contributed by atoms with Crippen LogP contribution in [0.1, 0.15) is 20.8 Å². The molecular weight excluding hydrogens is 216 g/mol. The summed E-state index contributed by atoms with van der Waals surface area (Å²) in [6.07, 6.45) is 0. The second-order valence-electron chi connectivity index (χ2n) is 3.90. The van der Waals surface area contributed by atoms with Crippen LogP contribution in [0.4, 0.5) is 0 Å². The van der Waals surface area contributed by atoms with Crippen molar-refractivity contribution in [2.75, 3.05) is 0 Å². The summed E-state index contributed by atoms with van der Waals surface area (Å²) in [5.41, 5.74) is 0. The fourth-order valence-electron chi connectivity index (χ4n) is 0.981. The van der Waals surface area contributed by atoms with Crippen molar-refractivity contribution in [2.24, 2.45) is 0 Å². The first-order chi connectivity index (χ1) is 5.87. The molecule has 0 heterocycles. The Morgan fingerprint density at radius 1 is 1.00 bits per heavy atom. The predicted molar refractivity (Wildman–Crippen MR) is 66.6 cm³/mol. The minimum absolute atomic E-state index is 0.238. The lowest BCUT2D eigenvalue weighted by Crippen LogP contribution is -2.06. The summed E-state index contributed by atoms with van der Waals surface area (Å²) in [6.45, 7) is 6.59. The van der Waals surface area contributed by atoms with Gasteiger partial charge in [-0.25, -0.2) is 0 Å². The standard InChI is InChI=1S/C10H14S3/c1-10(2,3)13-9-5-7(11)4-8(12)6-9/h4-6,11-12H,1-3H3. The number of thioether (sulfide) groups is 1. The summed E-state index contributed by atoms with van der Waals surface area (Å²) < 4.78 is 0.238. The Balaban J connectivity index is 2.90. The largest absolute Gasteiger partial charge is 0.143 e. The molecule has 72 valence electrons. The molecule has 0 aromatic heterocycles. The van der Waals surface area contributed by atoms with E-state index < -0.39 is 0 Å². The molecule has 0 aliphatic carbocycles. The van der Waals surface area contributed by atoms with E-state index in [1.54, 1.807) is 0 Å². The van der Waals surface area contributed by atoms with Crippen molar-refractivity contribution in [3.63, 3.8) is 0 Å². The van der Waals surface area contributed by atoms with Crippen molar-refractivity contribution in [3.05, 3.63) is 18.2 Å². The molecule has 0 saturated carbocycles. The van der Waals surface area contributed by atoms with Crippen LogP contribution in [0.5, 0.6) is 0 Å². The van der Waals surface area contributed by atoms with Gasteiger partial charge in [0.15, 0.2) is 0 Å². The third-order valence-corrected chi connectivity index (χ3v) is 2.90. The van der Waals surface area contributed by atoms with Gasteiger partial charge in [-0.1, -0.05) is 20.8 Å². The Kier molecular flexibility index (Phi) is 3.66. The molecule has 0 spiro atoms. The van der Waals surface area contributed by atoms with E-state index in [-0.39, 0.29) is 4.75 Å². The first-order valence-corrected chi connectivity index (χ1v) is 5.80. The smallest absolute Gasteiger partial charge is 0.0122 e. The maximum Gasteiger partial charge on any atom is 0.0122 e. The minimum Gasteiger partial charge on any atom is -0.143 e. The average Bonchev–Trinajstić information content (AvgIpc) is 1.78. The van der Waals surface area contributed by atoms with E-state index in [9.17, 15) is 0 Å². The average molecular weight is 230 g/mol. The molecule has 1 rings (SSSR count). The first kappa shape index (κ1) is 11.3. The van der Waals surface area contributed by atoms with E-state index in [4.69, 9.17) is 0 Å². The molecular formula is C10H14S3. The van der Waals surface area contributed by atoms with Crippen molar-refractivity contribution in [2.45, 2.75) is 40.2 Å². The van der Waals surface area contributed by atoms with Gasteiger partial charge in [0.1, 0.15) is 0 Å². The topological polar surface area (TPSA) is 0 Å². The lowest BCUT2D eigenvalue weighted by Gasteiger charge is -2.17. The molecule has 0 fully saturated rings. The Bertz CT molecular complexity index is 279. The molecule has 0 saturated heterocycles. The fraction of sp³-hybridized carbons (Fsp3) is 0.400. The molecule has 0 bridgehead atoms. The van der Waals surface area contributed by atoms with Gasteiger partial charge in [-0.2, -0.15) is 0 Å². The van der Waals surface area contributed by atoms with E-state index in [0.29, 0.717) is 0 Å². The third kappa shape index (κ3) is 4.34. The Labute approximate surface area is 95.3 Å². The fourth-order valence-corrected chi connectivity index (χ4v) is 2.89. The molecule has 0 unspecified atom stereocenters. The van der Waals surface area contributed by atoms with E-state index in [1.165, 1.54) is 4.90 Å². The molecule has 1 aromatic carbocycles. The predicted octanol–water partition coefficient (Wildman–Crippen LogP) is 4.15. The number of benzene rings is 1. The Morgan fingerprint density at radius 2 is 1.46 bits per heavy atom. The maximum absolute atomic E-state index is 4.31. The molecule has 0 amide bonds. The highest BCUT2D eigenvalue weighted by Gasteiger charge is 2.12. The van der Waals surface area contributed by atoms with Gasteiger partial charge in [0.25, 0.3) is 0 Å². The highest BCUT2D eigenvalue weighted by molar-refractivity contribution is 8.00. The van der Waals surface area contributed by atoms with E-state index in [1.807, 2.05) is 17.8 Å². The zero-order chi connectivity index (χ0) is 10.1. The highest BCUT2D eigenvalue weighted by atomic mass is 32.2. The molecule has 0 aliphatic rings. The lowest BCUT2D eigenvalue weighted by molar-refractivity contribution is 0.802. The maximum atomic E-state index is 4.31. The number of hydrogen-bond acceptors (Lipinski definition) is 3. The summed E-state index contributed by atoms with van der Waals surface area (Å²) in [5.74, 6) is 0. The van der Waals surface area contributed by atoms with Gasteiger partial charge in [-0.05, 0) is 18.2 Å². The SMILES string of the molecule is CC(C)(C)Sc1cc(S)cc(S)c1. The van der Waals surface area contributed by atoms with Gasteiger partial charge in [-0.3, -0.25) is 0 Å². The quantitative estimate of drug-likeness (QED) is 0.540. The van der Waals surface area contributed by atoms with Crippen LogP contribution in [0, 0.1) is 0 Å². The third-order valence-electron chi connectivity index (χ3n) is 1.30. The van der Waals surface area contributed by atoms with Gasteiger partial charge in [0.05, 0.1) is 0 Å². The highest BCUT2D eigenvalue weighted by Crippen LogP contribution is 2.34. The lowest BCUT2D eigenvalue weighted by atomic mass is 10.3. The molecule has 0 aliphatic heterocycles. The molecule has 0 atom stereocenters. The van der Waals surface area contributed by atoms with Crippen molar-refractivity contribution in [3.8, 4) is 0 Å². The van der Waals surface area contributed by atoms with Crippen LogP contribution < -0.4 is 0 Å². The van der Waals surface area contributed by atoms with Crippen LogP contribution in [0.2, 0.25) is 0 Å². The molecule has 0 radical (unpaired) electrons. The zero-order valence-corrected chi connectivity index (χ0v) is 10.6. The van der Waals surface area contributed by atoms with Crippen LogP contribution in [-0.4, -0.2) is 4.75 Å². The van der Waals surface area contributed by atoms with Crippen LogP contribution in [-0.2, 0) is 0 Å². The summed E-state index contributed by atoms with van der Waals surface area (Å²) in [7, 11) is 0. The van der Waals surface area contributed by atoms with Crippen LogP contribution in [0.25, 0.3) is 0 Å². The molecule has 0 N–H and O–H groups in total. The van der Waals surface area contributed by atoms with E-state index in [2.05, 4.69) is 58.2 Å². The minimum atomic E-state index is 0.238. The van der Waals surface area contributed by atoms with Crippen molar-refractivity contribution in [1.29, 1.82) is 0 Å². The van der Waals surface area contributed by atoms with Crippen LogP contribution in [0.3, 0.4) is 0 Å². The van der Waals surface area contributed by atoms with Gasteiger partial charge in [0, 0.05) is 19.4 Å². The second kappa shape index (κ2) is 4.20. The van der Waals surface area contributed by atoms with Crippen molar-refractivity contribution in [1.82, 2.24) is 0 Å². The van der Waals surface area contributed by atoms with Gasteiger partial charge >= 0.3 is 0 Å². The summed E-state index contributed by atoms with van der Waals surface area (Å²) in [6, 6.07) is 6.08. The van der Waals surface area contributed by atoms with Crippen LogP contribution in [0.15, 0.2) is 32.9 Å². The normalized spacial score (nSPS) is 11.8. The van der Waals surface area contributed by atoms with Gasteiger partial charge in [0.2, 0.25) is 0 Å². The number of hydrogen-bond donors (Lipinski definition) is 2. The Hall–Kier alpha value is 0.270. The Morgan fingerprint density at radius 3 is 1.85 bits per heavy atom. The summed E-state index contributed by atoms with van der Waals surface area (Å²) >= 11 is 10.5. The monoisotopic (exact) mass is 230 g/mol.